The van der Waals surface area contributed by atoms with Crippen molar-refractivity contribution in [3.8, 4) is 0 Å². The second-order valence-corrected chi connectivity index (χ2v) is 11.6. The molecule has 1 spiro atoms. The fourth-order valence-electron chi connectivity index (χ4n) is 4.86. The molecule has 37 heavy (non-hydrogen) atoms. The summed E-state index contributed by atoms with van der Waals surface area (Å²) in [6, 6.07) is 15.3. The number of ether oxygens (including phenoxy) is 1. The predicted molar refractivity (Wildman–Crippen MR) is 136 cm³/mol. The summed E-state index contributed by atoms with van der Waals surface area (Å²) in [7, 11) is -1.99. The van der Waals surface area contributed by atoms with E-state index in [1.54, 1.807) is 12.1 Å². The van der Waals surface area contributed by atoms with Gasteiger partial charge in [-0.05, 0) is 42.5 Å². The van der Waals surface area contributed by atoms with Gasteiger partial charge in [0.05, 0.1) is 24.6 Å². The van der Waals surface area contributed by atoms with Crippen molar-refractivity contribution in [1.29, 1.82) is 0 Å². The third-order valence-corrected chi connectivity index (χ3v) is 8.19. The summed E-state index contributed by atoms with van der Waals surface area (Å²) in [5.41, 5.74) is 0.735. The van der Waals surface area contributed by atoms with E-state index >= 15 is 0 Å². The molecule has 2 aliphatic heterocycles. The maximum Gasteiger partial charge on any atom is 0.407 e. The summed E-state index contributed by atoms with van der Waals surface area (Å²) in [5.74, 6) is -0.251. The molecule has 10 nitrogen and oxygen atoms in total. The lowest BCUT2D eigenvalue weighted by molar-refractivity contribution is -0.133. The lowest BCUT2D eigenvalue weighted by Crippen LogP contribution is -2.55. The molecule has 11 heteroatoms. The van der Waals surface area contributed by atoms with Crippen LogP contribution in [0.25, 0.3) is 0 Å². The van der Waals surface area contributed by atoms with Gasteiger partial charge in [-0.1, -0.05) is 42.5 Å². The van der Waals surface area contributed by atoms with Gasteiger partial charge in [0, 0.05) is 25.9 Å². The number of piperidine rings is 1. The van der Waals surface area contributed by atoms with Crippen molar-refractivity contribution in [3.05, 3.63) is 65.7 Å². The van der Waals surface area contributed by atoms with Crippen LogP contribution in [0.4, 0.5) is 9.59 Å². The van der Waals surface area contributed by atoms with Crippen molar-refractivity contribution in [2.75, 3.05) is 33.0 Å². The first-order valence-corrected chi connectivity index (χ1v) is 14.1. The molecular weight excluding hydrogens is 496 g/mol. The fourth-order valence-corrected chi connectivity index (χ4v) is 5.49. The van der Waals surface area contributed by atoms with E-state index in [-0.39, 0.29) is 23.4 Å². The topological polar surface area (TPSA) is 125 Å². The Bertz CT molecular complexity index is 1240. The third-order valence-electron chi connectivity index (χ3n) is 7.06. The molecule has 0 radical (unpaired) electrons. The lowest BCUT2D eigenvalue weighted by Gasteiger charge is -2.37. The summed E-state index contributed by atoms with van der Waals surface area (Å²) < 4.78 is 28.1. The second-order valence-electron chi connectivity index (χ2n) is 9.55. The molecule has 1 unspecified atom stereocenters. The van der Waals surface area contributed by atoms with Gasteiger partial charge in [-0.15, -0.1) is 0 Å². The van der Waals surface area contributed by atoms with Gasteiger partial charge in [0.15, 0.2) is 9.84 Å². The zero-order valence-corrected chi connectivity index (χ0v) is 21.8. The summed E-state index contributed by atoms with van der Waals surface area (Å²) in [6.45, 7) is 2.04. The average molecular weight is 529 g/mol. The number of rotatable bonds is 8. The monoisotopic (exact) mass is 528 g/mol. The third kappa shape index (κ3) is 6.11. The zero-order chi connectivity index (χ0) is 26.6. The maximum atomic E-state index is 13.3. The van der Waals surface area contributed by atoms with Gasteiger partial charge in [0.25, 0.3) is 5.91 Å². The summed E-state index contributed by atoms with van der Waals surface area (Å²) in [5, 5.41) is 5.80. The van der Waals surface area contributed by atoms with Crippen LogP contribution in [0, 0.1) is 0 Å². The van der Waals surface area contributed by atoms with Crippen molar-refractivity contribution in [2.45, 2.75) is 42.3 Å². The molecule has 2 aromatic rings. The number of methoxy groups -OCH3 is 1. The summed E-state index contributed by atoms with van der Waals surface area (Å²) >= 11 is 0. The number of nitrogens with one attached hydrogen (secondary N) is 2. The van der Waals surface area contributed by atoms with Gasteiger partial charge in [-0.25, -0.2) is 18.0 Å². The number of alkyl carbamates (subject to hydrolysis) is 1. The van der Waals surface area contributed by atoms with Gasteiger partial charge >= 0.3 is 12.1 Å². The van der Waals surface area contributed by atoms with Crippen LogP contribution in [0.2, 0.25) is 0 Å². The highest BCUT2D eigenvalue weighted by Crippen LogP contribution is 2.31. The minimum atomic E-state index is -3.32. The molecule has 4 rings (SSSR count). The van der Waals surface area contributed by atoms with E-state index in [0.29, 0.717) is 44.5 Å². The van der Waals surface area contributed by atoms with Crippen LogP contribution < -0.4 is 10.6 Å². The number of benzene rings is 2. The first-order chi connectivity index (χ1) is 17.6. The van der Waals surface area contributed by atoms with Gasteiger partial charge in [0.1, 0.15) is 5.54 Å². The first-order valence-electron chi connectivity index (χ1n) is 12.2. The number of likely N-dealkylation sites (tertiary alicyclic amines) is 1. The van der Waals surface area contributed by atoms with Gasteiger partial charge < -0.3 is 20.3 Å². The largest absolute Gasteiger partial charge is 0.453 e. The molecule has 2 saturated heterocycles. The number of hydrogen-bond acceptors (Lipinski definition) is 7. The Labute approximate surface area is 216 Å². The molecule has 2 aromatic carbocycles. The van der Waals surface area contributed by atoms with E-state index in [4.69, 9.17) is 4.74 Å². The molecular formula is C26H32N4O6S. The Morgan fingerprint density at radius 3 is 2.32 bits per heavy atom. The molecule has 0 aliphatic carbocycles. The molecule has 2 fully saturated rings. The minimum Gasteiger partial charge on any atom is -0.453 e. The number of sulfone groups is 1. The Kier molecular flexibility index (Phi) is 7.84. The van der Waals surface area contributed by atoms with Crippen LogP contribution >= 0.6 is 0 Å². The molecule has 4 amide bonds. The SMILES string of the molecule is COC(=O)NC(CCN1CCC2(CC1)NC(=O)N(Cc1ccc(S(C)(=O)=O)cc1)C2=O)c1ccccc1. The van der Waals surface area contributed by atoms with Crippen molar-refractivity contribution < 1.29 is 27.5 Å². The van der Waals surface area contributed by atoms with Crippen molar-refractivity contribution in [2.24, 2.45) is 0 Å². The van der Waals surface area contributed by atoms with Gasteiger partial charge in [-0.3, -0.25) is 9.69 Å². The number of amides is 4. The maximum absolute atomic E-state index is 13.3. The van der Waals surface area contributed by atoms with Gasteiger partial charge in [0.2, 0.25) is 0 Å². The standard InChI is InChI=1S/C26H32N4O6S/c1-36-25(33)27-22(20-6-4-3-5-7-20)12-15-29-16-13-26(14-17-29)23(31)30(24(32)28-26)18-19-8-10-21(11-9-19)37(2,34)35/h3-11,22H,12-18H2,1-2H3,(H,27,33)(H,28,32). The molecule has 0 bridgehead atoms. The van der Waals surface area contributed by atoms with Crippen molar-refractivity contribution in [3.63, 3.8) is 0 Å². The molecule has 2 heterocycles. The van der Waals surface area contributed by atoms with Crippen LogP contribution in [0.15, 0.2) is 59.5 Å². The second kappa shape index (κ2) is 10.9. The number of hydrogen-bond donors (Lipinski definition) is 2. The van der Waals surface area contributed by atoms with E-state index < -0.39 is 27.5 Å². The highest BCUT2D eigenvalue weighted by Gasteiger charge is 2.52. The Balaban J connectivity index is 1.34. The van der Waals surface area contributed by atoms with Crippen molar-refractivity contribution >= 4 is 27.9 Å². The smallest absolute Gasteiger partial charge is 0.407 e. The average Bonchev–Trinajstić information content (AvgIpc) is 3.11. The van der Waals surface area contributed by atoms with E-state index in [1.807, 2.05) is 30.3 Å². The Hall–Kier alpha value is -3.44. The van der Waals surface area contributed by atoms with Crippen LogP contribution in [0.5, 0.6) is 0 Å². The first kappa shape index (κ1) is 26.6. The molecule has 2 aliphatic rings. The summed E-state index contributed by atoms with van der Waals surface area (Å²) in [6.07, 6.45) is 2.29. The Morgan fingerprint density at radius 1 is 1.08 bits per heavy atom. The zero-order valence-electron chi connectivity index (χ0n) is 21.0. The molecule has 0 saturated carbocycles. The van der Waals surface area contributed by atoms with E-state index in [9.17, 15) is 22.8 Å². The molecule has 1 atom stereocenters. The predicted octanol–water partition coefficient (Wildman–Crippen LogP) is 2.46. The fraction of sp³-hybridized carbons (Fsp3) is 0.423. The molecule has 198 valence electrons. The number of carbonyl (C=O) groups excluding carboxylic acids is 3. The number of nitrogens with zero attached hydrogens (tertiary/aromatic N) is 2. The van der Waals surface area contributed by atoms with Gasteiger partial charge in [-0.2, -0.15) is 0 Å². The van der Waals surface area contributed by atoms with E-state index in [1.165, 1.54) is 24.1 Å². The minimum absolute atomic E-state index is 0.0815. The highest BCUT2D eigenvalue weighted by molar-refractivity contribution is 7.90. The van der Waals surface area contributed by atoms with Crippen LogP contribution in [0.3, 0.4) is 0 Å². The number of carbonyl (C=O) groups is 3. The quantitative estimate of drug-likeness (QED) is 0.504. The van der Waals surface area contributed by atoms with E-state index in [0.717, 1.165) is 11.8 Å². The van der Waals surface area contributed by atoms with E-state index in [2.05, 4.69) is 15.5 Å². The molecule has 0 aromatic heterocycles. The number of urea groups is 1. The highest BCUT2D eigenvalue weighted by atomic mass is 32.2. The molecule has 2 N–H and O–H groups in total. The Morgan fingerprint density at radius 2 is 1.73 bits per heavy atom. The van der Waals surface area contributed by atoms with Crippen LogP contribution in [-0.2, 0) is 25.9 Å². The number of imide groups is 1. The summed E-state index contributed by atoms with van der Waals surface area (Å²) in [4.78, 5) is 41.5. The lowest BCUT2D eigenvalue weighted by atomic mass is 9.87. The van der Waals surface area contributed by atoms with Crippen LogP contribution in [0.1, 0.15) is 36.4 Å². The van der Waals surface area contributed by atoms with Crippen molar-refractivity contribution in [1.82, 2.24) is 20.4 Å². The normalized spacial score (nSPS) is 18.5. The van der Waals surface area contributed by atoms with Crippen LogP contribution in [-0.4, -0.2) is 74.8 Å².